The van der Waals surface area contributed by atoms with Gasteiger partial charge in [0, 0.05) is 48.3 Å². The number of carbonyl (C=O) groups excluding carboxylic acids is 2. The first-order valence-corrected chi connectivity index (χ1v) is 9.52. The summed E-state index contributed by atoms with van der Waals surface area (Å²) in [5, 5.41) is 3.16. The highest BCUT2D eigenvalue weighted by molar-refractivity contribution is 7.86. The van der Waals surface area contributed by atoms with Gasteiger partial charge in [-0.05, 0) is 32.0 Å². The number of hydrogen-bond donors (Lipinski definition) is 1. The fourth-order valence-electron chi connectivity index (χ4n) is 2.99. The molecule has 0 spiro atoms. The second kappa shape index (κ2) is 6.37. The molecule has 2 saturated heterocycles. The quantitative estimate of drug-likeness (QED) is 0.865. The number of hydrogen-bond acceptors (Lipinski definition) is 3. The minimum absolute atomic E-state index is 0.128. The minimum Gasteiger partial charge on any atom is -0.336 e. The summed E-state index contributed by atoms with van der Waals surface area (Å²) in [7, 11) is -0.935. The van der Waals surface area contributed by atoms with Crippen LogP contribution in [0.2, 0.25) is 5.02 Å². The van der Waals surface area contributed by atoms with Crippen molar-refractivity contribution in [2.75, 3.05) is 36.8 Å². The van der Waals surface area contributed by atoms with Gasteiger partial charge in [-0.25, -0.2) is 4.79 Å². The Morgan fingerprint density at radius 2 is 2.08 bits per heavy atom. The van der Waals surface area contributed by atoms with Gasteiger partial charge in [-0.1, -0.05) is 11.6 Å². The van der Waals surface area contributed by atoms with Crippen molar-refractivity contribution in [1.29, 1.82) is 0 Å². The molecule has 2 aliphatic heterocycles. The Kier molecular flexibility index (Phi) is 4.57. The molecule has 1 N–H and O–H groups in total. The molecule has 0 aliphatic carbocycles. The molecular formula is C16H20ClN3O3S. The maximum absolute atomic E-state index is 12.8. The summed E-state index contributed by atoms with van der Waals surface area (Å²) in [4.78, 5) is 27.9. The average molecular weight is 370 g/mol. The standard InChI is InChI=1S/C16H20ClN3O3S/c1-16(2)10-19(7-8-24(16)23)14(21)11-3-4-12(17)13(9-11)20-6-5-18-15(20)22/h3-4,9H,5-8,10H2,1-2H3,(H,18,22)/t24-/m0/s1. The first kappa shape index (κ1) is 17.2. The van der Waals surface area contributed by atoms with Gasteiger partial charge in [-0.15, -0.1) is 0 Å². The molecule has 24 heavy (non-hydrogen) atoms. The van der Waals surface area contributed by atoms with E-state index in [9.17, 15) is 13.8 Å². The van der Waals surface area contributed by atoms with E-state index in [-0.39, 0.29) is 11.9 Å². The number of rotatable bonds is 2. The van der Waals surface area contributed by atoms with Gasteiger partial charge in [0.1, 0.15) is 0 Å². The molecule has 3 amide bonds. The van der Waals surface area contributed by atoms with Crippen LogP contribution < -0.4 is 10.2 Å². The molecule has 2 heterocycles. The monoisotopic (exact) mass is 369 g/mol. The molecule has 8 heteroatoms. The molecule has 2 aliphatic rings. The molecule has 3 rings (SSSR count). The molecule has 130 valence electrons. The first-order chi connectivity index (χ1) is 11.3. The highest BCUT2D eigenvalue weighted by atomic mass is 35.5. The lowest BCUT2D eigenvalue weighted by Gasteiger charge is -2.37. The van der Waals surface area contributed by atoms with Crippen LogP contribution in [0.5, 0.6) is 0 Å². The molecular weight excluding hydrogens is 350 g/mol. The zero-order valence-corrected chi connectivity index (χ0v) is 15.2. The second-order valence-corrected chi connectivity index (χ2v) is 9.20. The van der Waals surface area contributed by atoms with Gasteiger partial charge in [0.05, 0.1) is 15.5 Å². The van der Waals surface area contributed by atoms with Crippen LogP contribution in [0.15, 0.2) is 18.2 Å². The van der Waals surface area contributed by atoms with E-state index in [1.165, 1.54) is 4.90 Å². The van der Waals surface area contributed by atoms with Crippen molar-refractivity contribution in [2.24, 2.45) is 0 Å². The van der Waals surface area contributed by atoms with Crippen molar-refractivity contribution in [3.63, 3.8) is 0 Å². The Hall–Kier alpha value is -1.60. The van der Waals surface area contributed by atoms with Gasteiger partial charge in [-0.3, -0.25) is 13.9 Å². The summed E-state index contributed by atoms with van der Waals surface area (Å²) in [6, 6.07) is 4.76. The van der Waals surface area contributed by atoms with Gasteiger partial charge in [0.2, 0.25) is 0 Å². The Bertz CT molecular complexity index is 723. The van der Waals surface area contributed by atoms with E-state index in [2.05, 4.69) is 5.32 Å². The Balaban J connectivity index is 1.86. The fraction of sp³-hybridized carbons (Fsp3) is 0.500. The number of anilines is 1. The SMILES string of the molecule is CC1(C)CN(C(=O)c2ccc(Cl)c(N3CCNC3=O)c2)CC[S@@]1=O. The van der Waals surface area contributed by atoms with Gasteiger partial charge in [-0.2, -0.15) is 0 Å². The minimum atomic E-state index is -0.935. The van der Waals surface area contributed by atoms with E-state index < -0.39 is 15.5 Å². The third-order valence-electron chi connectivity index (χ3n) is 4.36. The molecule has 0 saturated carbocycles. The zero-order valence-electron chi connectivity index (χ0n) is 13.7. The van der Waals surface area contributed by atoms with Gasteiger partial charge < -0.3 is 10.2 Å². The highest BCUT2D eigenvalue weighted by Gasteiger charge is 2.35. The largest absolute Gasteiger partial charge is 0.336 e. The Labute approximate surface area is 148 Å². The molecule has 0 bridgehead atoms. The number of urea groups is 1. The van der Waals surface area contributed by atoms with E-state index in [0.717, 1.165) is 0 Å². The average Bonchev–Trinajstić information content (AvgIpc) is 2.96. The predicted molar refractivity (Wildman–Crippen MR) is 95.2 cm³/mol. The van der Waals surface area contributed by atoms with Gasteiger partial charge in [0.15, 0.2) is 0 Å². The number of benzene rings is 1. The van der Waals surface area contributed by atoms with E-state index in [1.54, 1.807) is 23.1 Å². The molecule has 0 aromatic heterocycles. The van der Waals surface area contributed by atoms with Crippen LogP contribution in [0.25, 0.3) is 0 Å². The number of nitrogens with one attached hydrogen (secondary N) is 1. The smallest absolute Gasteiger partial charge is 0.322 e. The summed E-state index contributed by atoms with van der Waals surface area (Å²) >= 11 is 6.21. The van der Waals surface area contributed by atoms with Crippen LogP contribution in [-0.2, 0) is 10.8 Å². The maximum Gasteiger partial charge on any atom is 0.322 e. The molecule has 6 nitrogen and oxygen atoms in total. The molecule has 0 radical (unpaired) electrons. The lowest BCUT2D eigenvalue weighted by atomic mass is 10.1. The summed E-state index contributed by atoms with van der Waals surface area (Å²) < 4.78 is 11.6. The van der Waals surface area contributed by atoms with Crippen molar-refractivity contribution >= 4 is 40.0 Å². The van der Waals surface area contributed by atoms with E-state index >= 15 is 0 Å². The second-order valence-electron chi connectivity index (χ2n) is 6.59. The molecule has 1 atom stereocenters. The van der Waals surface area contributed by atoms with Crippen molar-refractivity contribution in [3.8, 4) is 0 Å². The van der Waals surface area contributed by atoms with Crippen LogP contribution in [0.3, 0.4) is 0 Å². The Morgan fingerprint density at radius 3 is 2.71 bits per heavy atom. The van der Waals surface area contributed by atoms with Crippen LogP contribution >= 0.6 is 11.6 Å². The topological polar surface area (TPSA) is 69.7 Å². The molecule has 0 unspecified atom stereocenters. The van der Waals surface area contributed by atoms with Crippen LogP contribution in [0.1, 0.15) is 24.2 Å². The third kappa shape index (κ3) is 3.15. The first-order valence-electron chi connectivity index (χ1n) is 7.82. The highest BCUT2D eigenvalue weighted by Crippen LogP contribution is 2.29. The van der Waals surface area contributed by atoms with E-state index in [1.807, 2.05) is 13.8 Å². The maximum atomic E-state index is 12.8. The summed E-state index contributed by atoms with van der Waals surface area (Å²) in [5.41, 5.74) is 1.02. The Morgan fingerprint density at radius 1 is 1.33 bits per heavy atom. The van der Waals surface area contributed by atoms with Crippen molar-refractivity contribution < 1.29 is 13.8 Å². The molecule has 1 aromatic carbocycles. The van der Waals surface area contributed by atoms with Crippen LogP contribution in [0, 0.1) is 0 Å². The van der Waals surface area contributed by atoms with Crippen LogP contribution in [-0.4, -0.2) is 57.7 Å². The number of nitrogens with zero attached hydrogens (tertiary/aromatic N) is 2. The molecule has 1 aromatic rings. The number of halogens is 1. The van der Waals surface area contributed by atoms with Crippen LogP contribution in [0.4, 0.5) is 10.5 Å². The van der Waals surface area contributed by atoms with Gasteiger partial charge >= 0.3 is 6.03 Å². The van der Waals surface area contributed by atoms with Crippen molar-refractivity contribution in [3.05, 3.63) is 28.8 Å². The summed E-state index contributed by atoms with van der Waals surface area (Å²) in [6.07, 6.45) is 0. The summed E-state index contributed by atoms with van der Waals surface area (Å²) in [6.45, 7) is 5.80. The normalized spacial score (nSPS) is 23.3. The van der Waals surface area contributed by atoms with Gasteiger partial charge in [0.25, 0.3) is 5.91 Å². The lowest BCUT2D eigenvalue weighted by Crippen LogP contribution is -2.52. The van der Waals surface area contributed by atoms with E-state index in [4.69, 9.17) is 11.6 Å². The summed E-state index contributed by atoms with van der Waals surface area (Å²) in [5.74, 6) is 0.352. The van der Waals surface area contributed by atoms with Crippen molar-refractivity contribution in [1.82, 2.24) is 10.2 Å². The third-order valence-corrected chi connectivity index (χ3v) is 6.60. The lowest BCUT2D eigenvalue weighted by molar-refractivity contribution is 0.0746. The fourth-order valence-corrected chi connectivity index (χ4v) is 4.45. The number of amides is 3. The zero-order chi connectivity index (χ0) is 17.5. The predicted octanol–water partition coefficient (Wildman–Crippen LogP) is 1.85. The molecule has 2 fully saturated rings. The van der Waals surface area contributed by atoms with Crippen molar-refractivity contribution in [2.45, 2.75) is 18.6 Å². The van der Waals surface area contributed by atoms with E-state index in [0.29, 0.717) is 48.2 Å². The number of carbonyl (C=O) groups is 2.